The highest BCUT2D eigenvalue weighted by Crippen LogP contribution is 2.30. The molecule has 0 saturated carbocycles. The molecule has 3 rings (SSSR count). The number of hydrogen-bond acceptors (Lipinski definition) is 5. The Hall–Kier alpha value is -3.32. The van der Waals surface area contributed by atoms with Crippen molar-refractivity contribution < 1.29 is 18.9 Å². The van der Waals surface area contributed by atoms with Gasteiger partial charge in [-0.2, -0.15) is 0 Å². The fourth-order valence-corrected chi connectivity index (χ4v) is 3.56. The van der Waals surface area contributed by atoms with Gasteiger partial charge in [-0.25, -0.2) is 0 Å². The van der Waals surface area contributed by atoms with E-state index in [2.05, 4.69) is 43.4 Å². The molecule has 0 bridgehead atoms. The van der Waals surface area contributed by atoms with Crippen LogP contribution in [-0.4, -0.2) is 10.8 Å². The summed E-state index contributed by atoms with van der Waals surface area (Å²) < 4.78 is 11.2. The number of carbonyl (C=O) groups excluding carboxylic acids is 1. The third-order valence-corrected chi connectivity index (χ3v) is 5.93. The number of nitro groups is 1. The van der Waals surface area contributed by atoms with E-state index in [0.717, 1.165) is 18.4 Å². The summed E-state index contributed by atoms with van der Waals surface area (Å²) in [6.07, 6.45) is 1.81. The van der Waals surface area contributed by atoms with Crippen molar-refractivity contribution >= 4 is 23.2 Å². The lowest BCUT2D eigenvalue weighted by molar-refractivity contribution is -0.384. The normalized spacial score (nSPS) is 12.7. The van der Waals surface area contributed by atoms with Gasteiger partial charge in [-0.15, -0.1) is 0 Å². The van der Waals surface area contributed by atoms with Crippen molar-refractivity contribution in [2.75, 3.05) is 0 Å². The lowest BCUT2D eigenvalue weighted by Gasteiger charge is -2.18. The highest BCUT2D eigenvalue weighted by atomic mass is 35.5. The van der Waals surface area contributed by atoms with E-state index < -0.39 is 4.92 Å². The van der Waals surface area contributed by atoms with Crippen LogP contribution in [0, 0.1) is 10.1 Å². The summed E-state index contributed by atoms with van der Waals surface area (Å²) >= 11 is 6.05. The smallest absolute Gasteiger partial charge is 0.287 e. The Morgan fingerprint density at radius 1 is 1.09 bits per heavy atom. The standard InChI is InChI=1S/C25H27ClN2O5/c1-4-16(3)17-6-8-18(9-7-17)22(5-2)27-25(29)23-13-11-20(33-23)15-32-24-14-19(28(30)31)10-12-21(24)26/h6-14,16,22H,4-5,15H2,1-3H3,(H,27,29). The number of furan rings is 1. The Morgan fingerprint density at radius 3 is 2.42 bits per heavy atom. The molecule has 0 aliphatic carbocycles. The van der Waals surface area contributed by atoms with Gasteiger partial charge in [0.05, 0.1) is 22.1 Å². The average molecular weight is 471 g/mol. The van der Waals surface area contributed by atoms with Gasteiger partial charge in [-0.1, -0.05) is 56.6 Å². The number of nitro benzene ring substituents is 1. The van der Waals surface area contributed by atoms with Gasteiger partial charge in [0.15, 0.2) is 5.76 Å². The molecule has 174 valence electrons. The van der Waals surface area contributed by atoms with Crippen molar-refractivity contribution in [2.45, 2.75) is 52.2 Å². The number of nitrogens with zero attached hydrogens (tertiary/aromatic N) is 1. The molecule has 7 nitrogen and oxygen atoms in total. The van der Waals surface area contributed by atoms with Gasteiger partial charge in [-0.05, 0) is 48.1 Å². The Kier molecular flexibility index (Phi) is 8.11. The third kappa shape index (κ3) is 6.14. The topological polar surface area (TPSA) is 94.6 Å². The number of ether oxygens (including phenoxy) is 1. The summed E-state index contributed by atoms with van der Waals surface area (Å²) in [6.45, 7) is 6.34. The van der Waals surface area contributed by atoms with Crippen molar-refractivity contribution in [1.29, 1.82) is 0 Å². The first-order valence-corrected chi connectivity index (χ1v) is 11.3. The molecule has 2 unspecified atom stereocenters. The van der Waals surface area contributed by atoms with Crippen molar-refractivity contribution in [3.8, 4) is 5.75 Å². The number of carbonyl (C=O) groups is 1. The monoisotopic (exact) mass is 470 g/mol. The Balaban J connectivity index is 1.63. The van der Waals surface area contributed by atoms with E-state index in [1.54, 1.807) is 12.1 Å². The molecule has 8 heteroatoms. The zero-order valence-electron chi connectivity index (χ0n) is 18.8. The number of rotatable bonds is 10. The first-order valence-electron chi connectivity index (χ1n) is 10.9. The summed E-state index contributed by atoms with van der Waals surface area (Å²) in [5.41, 5.74) is 2.19. The maximum atomic E-state index is 12.7. The predicted octanol–water partition coefficient (Wildman–Crippen LogP) is 6.81. The summed E-state index contributed by atoms with van der Waals surface area (Å²) in [5, 5.41) is 14.2. The largest absolute Gasteiger partial charge is 0.484 e. The number of nitrogens with one attached hydrogen (secondary N) is 1. The van der Waals surface area contributed by atoms with Crippen LogP contribution >= 0.6 is 11.6 Å². The van der Waals surface area contributed by atoms with Crippen LogP contribution in [0.2, 0.25) is 5.02 Å². The molecule has 2 aromatic carbocycles. The van der Waals surface area contributed by atoms with Gasteiger partial charge in [-0.3, -0.25) is 14.9 Å². The second-order valence-corrected chi connectivity index (χ2v) is 8.24. The number of benzene rings is 2. The van der Waals surface area contributed by atoms with Gasteiger partial charge >= 0.3 is 0 Å². The van der Waals surface area contributed by atoms with E-state index in [1.807, 2.05) is 6.92 Å². The second kappa shape index (κ2) is 11.0. The van der Waals surface area contributed by atoms with E-state index in [4.69, 9.17) is 20.8 Å². The lowest BCUT2D eigenvalue weighted by Crippen LogP contribution is -2.27. The van der Waals surface area contributed by atoms with Crippen molar-refractivity contribution in [3.63, 3.8) is 0 Å². The summed E-state index contributed by atoms with van der Waals surface area (Å²) in [4.78, 5) is 23.1. The van der Waals surface area contributed by atoms with Gasteiger partial charge in [0.2, 0.25) is 0 Å². The van der Waals surface area contributed by atoms with Gasteiger partial charge in [0, 0.05) is 6.07 Å². The Labute approximate surface area is 197 Å². The van der Waals surface area contributed by atoms with Crippen LogP contribution in [0.1, 0.15) is 73.0 Å². The van der Waals surface area contributed by atoms with Crippen molar-refractivity contribution in [1.82, 2.24) is 5.32 Å². The van der Waals surface area contributed by atoms with Crippen LogP contribution in [0.4, 0.5) is 5.69 Å². The number of non-ortho nitro benzene ring substituents is 1. The minimum atomic E-state index is -0.527. The zero-order chi connectivity index (χ0) is 24.0. The van der Waals surface area contributed by atoms with Crippen LogP contribution in [0.3, 0.4) is 0 Å². The summed E-state index contributed by atoms with van der Waals surface area (Å²) in [5.74, 6) is 0.893. The highest BCUT2D eigenvalue weighted by molar-refractivity contribution is 6.32. The molecule has 0 saturated heterocycles. The van der Waals surface area contributed by atoms with Crippen LogP contribution < -0.4 is 10.1 Å². The van der Waals surface area contributed by atoms with Gasteiger partial charge in [0.1, 0.15) is 18.1 Å². The molecular weight excluding hydrogens is 444 g/mol. The van der Waals surface area contributed by atoms with E-state index in [0.29, 0.717) is 11.7 Å². The molecule has 0 aliphatic heterocycles. The molecule has 33 heavy (non-hydrogen) atoms. The minimum Gasteiger partial charge on any atom is -0.484 e. The van der Waals surface area contributed by atoms with Crippen LogP contribution in [0.5, 0.6) is 5.75 Å². The van der Waals surface area contributed by atoms with Gasteiger partial charge < -0.3 is 14.5 Å². The molecule has 3 aromatic rings. The van der Waals surface area contributed by atoms with E-state index in [1.165, 1.54) is 23.8 Å². The van der Waals surface area contributed by atoms with E-state index in [-0.39, 0.29) is 40.8 Å². The SMILES string of the molecule is CCC(C)c1ccc(C(CC)NC(=O)c2ccc(COc3cc([N+](=O)[O-])ccc3Cl)o2)cc1. The third-order valence-electron chi connectivity index (χ3n) is 5.61. The predicted molar refractivity (Wildman–Crippen MR) is 127 cm³/mol. The zero-order valence-corrected chi connectivity index (χ0v) is 19.6. The van der Waals surface area contributed by atoms with Crippen LogP contribution in [-0.2, 0) is 6.61 Å². The quantitative estimate of drug-likeness (QED) is 0.259. The minimum absolute atomic E-state index is 0.0253. The Bertz CT molecular complexity index is 1110. The molecular formula is C25H27ClN2O5. The molecule has 1 amide bonds. The lowest BCUT2D eigenvalue weighted by atomic mass is 9.95. The molecule has 0 radical (unpaired) electrons. The molecule has 2 atom stereocenters. The van der Waals surface area contributed by atoms with Crippen molar-refractivity contribution in [3.05, 3.63) is 92.4 Å². The fourth-order valence-electron chi connectivity index (χ4n) is 3.39. The van der Waals surface area contributed by atoms with E-state index >= 15 is 0 Å². The average Bonchev–Trinajstić information content (AvgIpc) is 3.30. The molecule has 1 N–H and O–H groups in total. The molecule has 0 fully saturated rings. The maximum Gasteiger partial charge on any atom is 0.287 e. The fraction of sp³-hybridized carbons (Fsp3) is 0.320. The molecule has 0 aliphatic rings. The van der Waals surface area contributed by atoms with Crippen LogP contribution in [0.15, 0.2) is 59.0 Å². The first-order chi connectivity index (χ1) is 15.8. The van der Waals surface area contributed by atoms with Crippen LogP contribution in [0.25, 0.3) is 0 Å². The summed E-state index contributed by atoms with van der Waals surface area (Å²) in [6, 6.07) is 15.3. The maximum absolute atomic E-state index is 12.7. The second-order valence-electron chi connectivity index (χ2n) is 7.84. The van der Waals surface area contributed by atoms with Crippen molar-refractivity contribution in [2.24, 2.45) is 0 Å². The first kappa shape index (κ1) is 24.3. The Morgan fingerprint density at radius 2 is 1.79 bits per heavy atom. The number of hydrogen-bond donors (Lipinski definition) is 1. The highest BCUT2D eigenvalue weighted by Gasteiger charge is 2.18. The molecule has 0 spiro atoms. The molecule has 1 aromatic heterocycles. The summed E-state index contributed by atoms with van der Waals surface area (Å²) in [7, 11) is 0. The number of amides is 1. The number of halogens is 1. The van der Waals surface area contributed by atoms with E-state index in [9.17, 15) is 14.9 Å². The van der Waals surface area contributed by atoms with Gasteiger partial charge in [0.25, 0.3) is 11.6 Å². The molecule has 1 heterocycles.